The second-order valence-electron chi connectivity index (χ2n) is 9.04. The molecule has 2 heterocycles. The number of morpholine rings is 1. The standard InChI is InChI=1S/C24H39N5O3/c1-5-25-23(26-19-24(2,3)20-7-6-8-21(17-20)31-4)29-11-9-27(10-12-29)18-22(30)28-13-15-32-16-14-28/h6-8,17H,5,9-16,18-19H2,1-4H3,(H,25,26). The van der Waals surface area contributed by atoms with E-state index < -0.39 is 0 Å². The average Bonchev–Trinajstić information content (AvgIpc) is 2.83. The molecule has 1 aromatic carbocycles. The second-order valence-corrected chi connectivity index (χ2v) is 9.04. The van der Waals surface area contributed by atoms with Crippen LogP contribution in [0.4, 0.5) is 0 Å². The van der Waals surface area contributed by atoms with Crippen molar-refractivity contribution in [3.63, 3.8) is 0 Å². The molecule has 1 amide bonds. The zero-order valence-corrected chi connectivity index (χ0v) is 20.1. The summed E-state index contributed by atoms with van der Waals surface area (Å²) >= 11 is 0. The van der Waals surface area contributed by atoms with Crippen molar-refractivity contribution in [3.8, 4) is 5.75 Å². The Morgan fingerprint density at radius 1 is 1.12 bits per heavy atom. The monoisotopic (exact) mass is 445 g/mol. The number of carbonyl (C=O) groups excluding carboxylic acids is 1. The van der Waals surface area contributed by atoms with Crippen LogP contribution in [0.2, 0.25) is 0 Å². The van der Waals surface area contributed by atoms with Gasteiger partial charge in [-0.25, -0.2) is 0 Å². The van der Waals surface area contributed by atoms with Crippen LogP contribution in [0.1, 0.15) is 26.3 Å². The van der Waals surface area contributed by atoms with Crippen LogP contribution < -0.4 is 10.1 Å². The summed E-state index contributed by atoms with van der Waals surface area (Å²) in [5.74, 6) is 2.03. The van der Waals surface area contributed by atoms with Gasteiger partial charge in [0.25, 0.3) is 0 Å². The van der Waals surface area contributed by atoms with E-state index in [1.807, 2.05) is 17.0 Å². The Hall–Kier alpha value is -2.32. The third-order valence-electron chi connectivity index (χ3n) is 6.20. The van der Waals surface area contributed by atoms with Gasteiger partial charge in [-0.3, -0.25) is 14.7 Å². The second kappa shape index (κ2) is 11.5. The Labute approximate surface area is 192 Å². The van der Waals surface area contributed by atoms with Gasteiger partial charge in [0.2, 0.25) is 5.91 Å². The number of nitrogens with zero attached hydrogens (tertiary/aromatic N) is 4. The molecular weight excluding hydrogens is 406 g/mol. The van der Waals surface area contributed by atoms with Crippen LogP contribution in [0.25, 0.3) is 0 Å². The Bertz CT molecular complexity index is 769. The molecule has 0 aromatic heterocycles. The SMILES string of the molecule is CCNC(=NCC(C)(C)c1cccc(OC)c1)N1CCN(CC(=O)N2CCOCC2)CC1. The normalized spacial score (nSPS) is 18.6. The van der Waals surface area contributed by atoms with Crippen LogP contribution in [-0.4, -0.2) is 106 Å². The molecule has 0 atom stereocenters. The van der Waals surface area contributed by atoms with Gasteiger partial charge in [0, 0.05) is 51.2 Å². The highest BCUT2D eigenvalue weighted by Crippen LogP contribution is 2.26. The number of ether oxygens (including phenoxy) is 2. The maximum atomic E-state index is 12.5. The van der Waals surface area contributed by atoms with E-state index in [4.69, 9.17) is 14.5 Å². The topological polar surface area (TPSA) is 69.6 Å². The lowest BCUT2D eigenvalue weighted by Gasteiger charge is -2.37. The van der Waals surface area contributed by atoms with Gasteiger partial charge in [0.05, 0.1) is 33.4 Å². The molecule has 0 saturated carbocycles. The van der Waals surface area contributed by atoms with Gasteiger partial charge >= 0.3 is 0 Å². The van der Waals surface area contributed by atoms with E-state index in [0.717, 1.165) is 44.4 Å². The van der Waals surface area contributed by atoms with Crippen LogP contribution in [0.15, 0.2) is 29.3 Å². The van der Waals surface area contributed by atoms with Crippen LogP contribution in [-0.2, 0) is 14.9 Å². The number of hydrogen-bond donors (Lipinski definition) is 1. The molecule has 1 N–H and O–H groups in total. The first-order valence-corrected chi connectivity index (χ1v) is 11.7. The lowest BCUT2D eigenvalue weighted by molar-refractivity contribution is -0.136. The van der Waals surface area contributed by atoms with E-state index >= 15 is 0 Å². The van der Waals surface area contributed by atoms with Crippen molar-refractivity contribution < 1.29 is 14.3 Å². The van der Waals surface area contributed by atoms with Gasteiger partial charge in [0.1, 0.15) is 5.75 Å². The van der Waals surface area contributed by atoms with E-state index in [2.05, 4.69) is 48.0 Å². The molecular formula is C24H39N5O3. The molecule has 1 aromatic rings. The van der Waals surface area contributed by atoms with E-state index in [-0.39, 0.29) is 11.3 Å². The van der Waals surface area contributed by atoms with Crippen LogP contribution in [0, 0.1) is 0 Å². The van der Waals surface area contributed by atoms with Crippen LogP contribution in [0.5, 0.6) is 5.75 Å². The van der Waals surface area contributed by atoms with Crippen molar-refractivity contribution in [2.24, 2.45) is 4.99 Å². The number of rotatable bonds is 7. The first kappa shape index (κ1) is 24.3. The summed E-state index contributed by atoms with van der Waals surface area (Å²) in [6, 6.07) is 8.22. The highest BCUT2D eigenvalue weighted by Gasteiger charge is 2.26. The number of benzene rings is 1. The first-order chi connectivity index (χ1) is 15.4. The minimum Gasteiger partial charge on any atom is -0.497 e. The summed E-state index contributed by atoms with van der Waals surface area (Å²) in [6.45, 7) is 14.7. The van der Waals surface area contributed by atoms with E-state index in [1.165, 1.54) is 5.56 Å². The molecule has 2 aliphatic rings. The molecule has 2 aliphatic heterocycles. The zero-order chi connectivity index (χ0) is 23.0. The average molecular weight is 446 g/mol. The zero-order valence-electron chi connectivity index (χ0n) is 20.1. The van der Waals surface area contributed by atoms with Gasteiger partial charge in [-0.2, -0.15) is 0 Å². The number of guanidine groups is 1. The fourth-order valence-electron chi connectivity index (χ4n) is 4.06. The Morgan fingerprint density at radius 2 is 1.84 bits per heavy atom. The summed E-state index contributed by atoms with van der Waals surface area (Å²) in [6.07, 6.45) is 0. The molecule has 32 heavy (non-hydrogen) atoms. The fourth-order valence-corrected chi connectivity index (χ4v) is 4.06. The van der Waals surface area contributed by atoms with E-state index in [1.54, 1.807) is 7.11 Å². The number of methoxy groups -OCH3 is 1. The summed E-state index contributed by atoms with van der Waals surface area (Å²) in [5, 5.41) is 3.45. The van der Waals surface area contributed by atoms with Crippen molar-refractivity contribution >= 4 is 11.9 Å². The molecule has 2 saturated heterocycles. The maximum Gasteiger partial charge on any atom is 0.236 e. The predicted molar refractivity (Wildman–Crippen MR) is 127 cm³/mol. The third-order valence-corrected chi connectivity index (χ3v) is 6.20. The molecule has 0 radical (unpaired) electrons. The van der Waals surface area contributed by atoms with Gasteiger partial charge in [-0.15, -0.1) is 0 Å². The summed E-state index contributed by atoms with van der Waals surface area (Å²) in [7, 11) is 1.70. The number of hydrogen-bond acceptors (Lipinski definition) is 5. The summed E-state index contributed by atoms with van der Waals surface area (Å²) in [5.41, 5.74) is 1.10. The summed E-state index contributed by atoms with van der Waals surface area (Å²) < 4.78 is 10.7. The molecule has 0 spiro atoms. The first-order valence-electron chi connectivity index (χ1n) is 11.7. The Balaban J connectivity index is 1.56. The molecule has 3 rings (SSSR count). The Kier molecular flexibility index (Phi) is 8.75. The highest BCUT2D eigenvalue weighted by atomic mass is 16.5. The lowest BCUT2D eigenvalue weighted by Crippen LogP contribution is -2.55. The quantitative estimate of drug-likeness (QED) is 0.506. The van der Waals surface area contributed by atoms with Crippen molar-refractivity contribution in [2.75, 3.05) is 79.2 Å². The predicted octanol–water partition coefficient (Wildman–Crippen LogP) is 1.41. The van der Waals surface area contributed by atoms with Gasteiger partial charge in [-0.05, 0) is 24.6 Å². The Morgan fingerprint density at radius 3 is 2.50 bits per heavy atom. The third kappa shape index (κ3) is 6.59. The van der Waals surface area contributed by atoms with Gasteiger partial charge < -0.3 is 24.6 Å². The van der Waals surface area contributed by atoms with Crippen LogP contribution in [0.3, 0.4) is 0 Å². The molecule has 178 valence electrons. The van der Waals surface area contributed by atoms with Crippen LogP contribution >= 0.6 is 0 Å². The molecule has 0 bridgehead atoms. The summed E-state index contributed by atoms with van der Waals surface area (Å²) in [4.78, 5) is 24.0. The minimum absolute atomic E-state index is 0.110. The number of piperazine rings is 1. The number of carbonyl (C=O) groups is 1. The van der Waals surface area contributed by atoms with E-state index in [9.17, 15) is 4.79 Å². The molecule has 0 aliphatic carbocycles. The fraction of sp³-hybridized carbons (Fsp3) is 0.667. The van der Waals surface area contributed by atoms with Crippen molar-refractivity contribution in [1.82, 2.24) is 20.0 Å². The molecule has 0 unspecified atom stereocenters. The lowest BCUT2D eigenvalue weighted by atomic mass is 9.84. The van der Waals surface area contributed by atoms with Gasteiger partial charge in [-0.1, -0.05) is 26.0 Å². The molecule has 8 nitrogen and oxygen atoms in total. The molecule has 8 heteroatoms. The van der Waals surface area contributed by atoms with Crippen molar-refractivity contribution in [1.29, 1.82) is 0 Å². The van der Waals surface area contributed by atoms with Crippen molar-refractivity contribution in [3.05, 3.63) is 29.8 Å². The smallest absolute Gasteiger partial charge is 0.236 e. The highest BCUT2D eigenvalue weighted by molar-refractivity contribution is 5.80. The molecule has 2 fully saturated rings. The minimum atomic E-state index is -0.110. The number of amides is 1. The van der Waals surface area contributed by atoms with Gasteiger partial charge in [0.15, 0.2) is 5.96 Å². The largest absolute Gasteiger partial charge is 0.497 e. The van der Waals surface area contributed by atoms with E-state index in [0.29, 0.717) is 39.4 Å². The number of aliphatic imine (C=N–C) groups is 1. The van der Waals surface area contributed by atoms with Crippen molar-refractivity contribution in [2.45, 2.75) is 26.2 Å². The maximum absolute atomic E-state index is 12.5. The number of nitrogens with one attached hydrogen (secondary N) is 1.